The normalized spacial score (nSPS) is 13.3. The summed E-state index contributed by atoms with van der Waals surface area (Å²) in [6.07, 6.45) is 0. The Hall–Kier alpha value is -4.70. The number of aromatic hydroxyl groups is 4. The molecule has 5 aromatic rings. The zero-order chi connectivity index (χ0) is 24.2. The number of phenols is 4. The molecular weight excluding hydrogens is 436 g/mol. The maximum absolute atomic E-state index is 10.6. The number of benzene rings is 5. The molecule has 0 saturated carbocycles. The molecule has 0 saturated heterocycles. The number of phenolic OH excluding ortho intramolecular Hbond substituents is 4. The van der Waals surface area contributed by atoms with Crippen molar-refractivity contribution < 1.29 is 20.4 Å². The molecule has 0 heterocycles. The van der Waals surface area contributed by atoms with E-state index in [1.165, 1.54) is 0 Å². The van der Waals surface area contributed by atoms with Crippen LogP contribution in [0.5, 0.6) is 23.0 Å². The first kappa shape index (κ1) is 20.9. The summed E-state index contributed by atoms with van der Waals surface area (Å²) in [6, 6.07) is 35.5. The molecule has 0 atom stereocenters. The molecule has 0 spiro atoms. The van der Waals surface area contributed by atoms with Crippen LogP contribution in [0.3, 0.4) is 0 Å². The third kappa shape index (κ3) is 2.87. The lowest BCUT2D eigenvalue weighted by Gasteiger charge is -2.34. The number of rotatable bonds is 3. The van der Waals surface area contributed by atoms with E-state index >= 15 is 0 Å². The van der Waals surface area contributed by atoms with E-state index in [9.17, 15) is 20.4 Å². The quantitative estimate of drug-likeness (QED) is 0.179. The van der Waals surface area contributed by atoms with Gasteiger partial charge in [-0.1, -0.05) is 97.1 Å². The van der Waals surface area contributed by atoms with E-state index in [1.54, 1.807) is 6.07 Å². The van der Waals surface area contributed by atoms with E-state index in [2.05, 4.69) is 36.4 Å². The summed E-state index contributed by atoms with van der Waals surface area (Å²) in [7, 11) is 0. The van der Waals surface area contributed by atoms with Crippen molar-refractivity contribution in [3.05, 3.63) is 131 Å². The van der Waals surface area contributed by atoms with Gasteiger partial charge in [0, 0.05) is 6.07 Å². The Kier molecular flexibility index (Phi) is 4.58. The first-order valence-corrected chi connectivity index (χ1v) is 11.4. The lowest BCUT2D eigenvalue weighted by Crippen LogP contribution is -2.28. The lowest BCUT2D eigenvalue weighted by atomic mass is 9.67. The van der Waals surface area contributed by atoms with Gasteiger partial charge in [0.05, 0.1) is 11.0 Å². The minimum absolute atomic E-state index is 0.0173. The Morgan fingerprint density at radius 2 is 0.971 bits per heavy atom. The third-order valence-electron chi connectivity index (χ3n) is 6.98. The predicted molar refractivity (Wildman–Crippen MR) is 136 cm³/mol. The second kappa shape index (κ2) is 7.67. The Morgan fingerprint density at radius 1 is 0.457 bits per heavy atom. The van der Waals surface area contributed by atoms with Crippen molar-refractivity contribution in [1.29, 1.82) is 0 Å². The van der Waals surface area contributed by atoms with Gasteiger partial charge < -0.3 is 20.4 Å². The van der Waals surface area contributed by atoms with E-state index < -0.39 is 28.4 Å². The van der Waals surface area contributed by atoms with Gasteiger partial charge in [-0.15, -0.1) is 0 Å². The average molecular weight is 459 g/mol. The van der Waals surface area contributed by atoms with Crippen molar-refractivity contribution in [2.45, 2.75) is 5.41 Å². The molecule has 5 aromatic carbocycles. The fraction of sp³-hybridized carbons (Fsp3) is 0.0323. The molecule has 0 amide bonds. The molecule has 6 rings (SSSR count). The van der Waals surface area contributed by atoms with Gasteiger partial charge in [0.2, 0.25) is 0 Å². The number of fused-ring (bicyclic) bond motifs is 3. The summed E-state index contributed by atoms with van der Waals surface area (Å²) >= 11 is 0. The van der Waals surface area contributed by atoms with Crippen LogP contribution in [0.4, 0.5) is 0 Å². The van der Waals surface area contributed by atoms with Gasteiger partial charge in [0.25, 0.3) is 0 Å². The van der Waals surface area contributed by atoms with Gasteiger partial charge >= 0.3 is 0 Å². The fourth-order valence-corrected chi connectivity index (χ4v) is 5.51. The van der Waals surface area contributed by atoms with Crippen molar-refractivity contribution in [1.82, 2.24) is 0 Å². The summed E-state index contributed by atoms with van der Waals surface area (Å²) in [6.45, 7) is 0. The summed E-state index contributed by atoms with van der Waals surface area (Å²) < 4.78 is 0. The smallest absolute Gasteiger partial charge is 0.169 e. The molecule has 0 radical (unpaired) electrons. The van der Waals surface area contributed by atoms with Crippen LogP contribution in [0.25, 0.3) is 22.3 Å². The van der Waals surface area contributed by atoms with E-state index in [0.29, 0.717) is 5.56 Å². The van der Waals surface area contributed by atoms with Crippen molar-refractivity contribution in [3.63, 3.8) is 0 Å². The zero-order valence-electron chi connectivity index (χ0n) is 18.7. The zero-order valence-corrected chi connectivity index (χ0v) is 18.7. The summed E-state index contributed by atoms with van der Waals surface area (Å²) in [5, 5.41) is 41.5. The van der Waals surface area contributed by atoms with Crippen LogP contribution >= 0.6 is 0 Å². The van der Waals surface area contributed by atoms with Crippen molar-refractivity contribution >= 4 is 0 Å². The molecule has 0 aliphatic heterocycles. The van der Waals surface area contributed by atoms with Crippen LogP contribution in [-0.4, -0.2) is 20.4 Å². The minimum atomic E-state index is -0.644. The Bertz CT molecular complexity index is 1510. The first-order valence-electron chi connectivity index (χ1n) is 11.4. The highest BCUT2D eigenvalue weighted by Crippen LogP contribution is 2.57. The summed E-state index contributed by atoms with van der Waals surface area (Å²) in [5.74, 6) is -1.98. The van der Waals surface area contributed by atoms with Crippen molar-refractivity contribution in [3.8, 4) is 45.3 Å². The molecule has 0 aromatic heterocycles. The minimum Gasteiger partial charge on any atom is -0.504 e. The standard InChI is InChI=1S/C31H22O4/c32-26-18-27(33)30(35)28(29(26)34)19-15-16-23-22-13-7-8-14-24(22)31(25(23)17-19,20-9-3-1-4-10-20)21-11-5-2-6-12-21/h1-18,32-35H. The molecule has 4 heteroatoms. The molecule has 4 nitrogen and oxygen atoms in total. The van der Waals surface area contributed by atoms with Crippen LogP contribution in [0.15, 0.2) is 109 Å². The Morgan fingerprint density at radius 3 is 1.57 bits per heavy atom. The molecule has 1 aliphatic rings. The average Bonchev–Trinajstić information content (AvgIpc) is 3.19. The Balaban J connectivity index is 1.75. The third-order valence-corrected chi connectivity index (χ3v) is 6.98. The molecule has 4 N–H and O–H groups in total. The van der Waals surface area contributed by atoms with Gasteiger partial charge in [0.1, 0.15) is 0 Å². The molecular formula is C31H22O4. The molecule has 0 bridgehead atoms. The van der Waals surface area contributed by atoms with Crippen LogP contribution in [-0.2, 0) is 5.41 Å². The maximum Gasteiger partial charge on any atom is 0.169 e. The predicted octanol–water partition coefficient (Wildman–Crippen LogP) is 6.54. The number of hydrogen-bond acceptors (Lipinski definition) is 4. The second-order valence-corrected chi connectivity index (χ2v) is 8.78. The SMILES string of the molecule is Oc1cc(O)c(O)c(-c2ccc3c(c2)C(c2ccccc2)(c2ccccc2)c2ccccc2-3)c1O. The van der Waals surface area contributed by atoms with Crippen LogP contribution in [0, 0.1) is 0 Å². The first-order chi connectivity index (χ1) is 17.0. The monoisotopic (exact) mass is 458 g/mol. The van der Waals surface area contributed by atoms with Gasteiger partial charge in [-0.05, 0) is 45.0 Å². The molecule has 1 aliphatic carbocycles. The molecule has 0 fully saturated rings. The van der Waals surface area contributed by atoms with Crippen LogP contribution in [0.2, 0.25) is 0 Å². The highest BCUT2D eigenvalue weighted by Gasteiger charge is 2.46. The molecule has 0 unspecified atom stereocenters. The van der Waals surface area contributed by atoms with Gasteiger partial charge in [0.15, 0.2) is 23.0 Å². The Labute approximate surface area is 202 Å². The highest BCUT2D eigenvalue weighted by molar-refractivity contribution is 5.90. The largest absolute Gasteiger partial charge is 0.504 e. The van der Waals surface area contributed by atoms with Crippen molar-refractivity contribution in [2.24, 2.45) is 0 Å². The van der Waals surface area contributed by atoms with Gasteiger partial charge in [-0.3, -0.25) is 0 Å². The second-order valence-electron chi connectivity index (χ2n) is 8.78. The highest BCUT2D eigenvalue weighted by atomic mass is 16.3. The molecule has 170 valence electrons. The lowest BCUT2D eigenvalue weighted by molar-refractivity contribution is 0.375. The van der Waals surface area contributed by atoms with E-state index in [-0.39, 0.29) is 5.56 Å². The topological polar surface area (TPSA) is 80.9 Å². The van der Waals surface area contributed by atoms with E-state index in [1.807, 2.05) is 60.7 Å². The maximum atomic E-state index is 10.6. The fourth-order valence-electron chi connectivity index (χ4n) is 5.51. The number of hydrogen-bond donors (Lipinski definition) is 4. The van der Waals surface area contributed by atoms with Crippen molar-refractivity contribution in [2.75, 3.05) is 0 Å². The molecule has 35 heavy (non-hydrogen) atoms. The van der Waals surface area contributed by atoms with Crippen LogP contribution < -0.4 is 0 Å². The van der Waals surface area contributed by atoms with Gasteiger partial charge in [-0.25, -0.2) is 0 Å². The van der Waals surface area contributed by atoms with Gasteiger partial charge in [-0.2, -0.15) is 0 Å². The summed E-state index contributed by atoms with van der Waals surface area (Å²) in [4.78, 5) is 0. The van der Waals surface area contributed by atoms with E-state index in [4.69, 9.17) is 0 Å². The van der Waals surface area contributed by atoms with Crippen LogP contribution in [0.1, 0.15) is 22.3 Å². The summed E-state index contributed by atoms with van der Waals surface area (Å²) in [5.41, 5.74) is 6.25. The van der Waals surface area contributed by atoms with E-state index in [0.717, 1.165) is 39.4 Å².